The number of carbonyl (C=O) groups excluding carboxylic acids is 2. The number of unbranched alkanes of at least 4 members (excludes halogenated alkanes) is 1. The van der Waals surface area contributed by atoms with Gasteiger partial charge in [0.25, 0.3) is 0 Å². The maximum Gasteiger partial charge on any atom is 0.244 e. The lowest BCUT2D eigenvalue weighted by Crippen LogP contribution is -2.51. The van der Waals surface area contributed by atoms with Gasteiger partial charge in [-0.3, -0.25) is 13.9 Å². The Morgan fingerprint density at radius 2 is 1.67 bits per heavy atom. The summed E-state index contributed by atoms with van der Waals surface area (Å²) in [7, 11) is -0.923. The highest BCUT2D eigenvalue weighted by molar-refractivity contribution is 7.92. The number of rotatable bonds is 13. The summed E-state index contributed by atoms with van der Waals surface area (Å²) in [4.78, 5) is 27.8. The Hall–Kier alpha value is -3.27. The van der Waals surface area contributed by atoms with E-state index in [1.807, 2.05) is 38.1 Å². The van der Waals surface area contributed by atoms with Gasteiger partial charge in [-0.05, 0) is 38.0 Å². The number of methoxy groups -OCH3 is 2. The molecular formula is C26H37N3O6S. The molecule has 9 nitrogen and oxygen atoms in total. The quantitative estimate of drug-likeness (QED) is 0.408. The molecule has 2 amide bonds. The Bertz CT molecular complexity index is 1130. The summed E-state index contributed by atoms with van der Waals surface area (Å²) in [6.45, 7) is 5.82. The van der Waals surface area contributed by atoms with Crippen LogP contribution in [0.5, 0.6) is 11.5 Å². The number of hydrogen-bond donors (Lipinski definition) is 1. The summed E-state index contributed by atoms with van der Waals surface area (Å²) in [5, 5.41) is 2.86. The van der Waals surface area contributed by atoms with Crippen LogP contribution in [0, 0.1) is 6.92 Å². The molecule has 1 N–H and O–H groups in total. The van der Waals surface area contributed by atoms with Gasteiger partial charge in [0.2, 0.25) is 21.8 Å². The van der Waals surface area contributed by atoms with Gasteiger partial charge in [0.15, 0.2) is 11.5 Å². The molecule has 0 radical (unpaired) electrons. The molecule has 0 bridgehead atoms. The molecule has 0 fully saturated rings. The predicted octanol–water partition coefficient (Wildman–Crippen LogP) is 3.11. The number of amides is 2. The molecule has 2 aromatic carbocycles. The molecule has 0 spiro atoms. The van der Waals surface area contributed by atoms with Crippen LogP contribution < -0.4 is 19.1 Å². The highest BCUT2D eigenvalue weighted by Crippen LogP contribution is 2.32. The topological polar surface area (TPSA) is 105 Å². The molecule has 198 valence electrons. The van der Waals surface area contributed by atoms with Crippen molar-refractivity contribution in [2.24, 2.45) is 0 Å². The third kappa shape index (κ3) is 7.87. The standard InChI is InChI=1S/C26H37N3O6S/c1-7-8-15-27-26(31)20(3)28(17-21-11-9-19(2)10-12-21)25(30)18-29(36(6,32)33)22-13-14-23(34-4)24(16-22)35-5/h9-14,16,20H,7-8,15,17-18H2,1-6H3,(H,27,31)/t20-/m1/s1. The molecule has 10 heteroatoms. The fraction of sp³-hybridized carbons (Fsp3) is 0.462. The van der Waals surface area contributed by atoms with E-state index in [4.69, 9.17) is 9.47 Å². The number of nitrogens with one attached hydrogen (secondary N) is 1. The van der Waals surface area contributed by atoms with Crippen LogP contribution in [-0.2, 0) is 26.2 Å². The first-order valence-electron chi connectivity index (χ1n) is 11.8. The number of nitrogens with zero attached hydrogens (tertiary/aromatic N) is 2. The van der Waals surface area contributed by atoms with E-state index < -0.39 is 28.5 Å². The molecule has 0 aromatic heterocycles. The van der Waals surface area contributed by atoms with Gasteiger partial charge in [0.05, 0.1) is 26.2 Å². The van der Waals surface area contributed by atoms with Crippen molar-refractivity contribution in [1.82, 2.24) is 10.2 Å². The molecule has 0 aliphatic carbocycles. The van der Waals surface area contributed by atoms with Crippen molar-refractivity contribution in [1.29, 1.82) is 0 Å². The molecule has 1 atom stereocenters. The van der Waals surface area contributed by atoms with E-state index >= 15 is 0 Å². The van der Waals surface area contributed by atoms with Crippen LogP contribution in [0.2, 0.25) is 0 Å². The third-order valence-corrected chi connectivity index (χ3v) is 6.95. The minimum absolute atomic E-state index is 0.158. The third-order valence-electron chi connectivity index (χ3n) is 5.80. The summed E-state index contributed by atoms with van der Waals surface area (Å²) in [6.07, 6.45) is 2.78. The fourth-order valence-electron chi connectivity index (χ4n) is 3.60. The van der Waals surface area contributed by atoms with Gasteiger partial charge in [-0.2, -0.15) is 0 Å². The van der Waals surface area contributed by atoms with Crippen LogP contribution in [0.25, 0.3) is 0 Å². The van der Waals surface area contributed by atoms with E-state index in [0.717, 1.165) is 34.5 Å². The normalized spacial score (nSPS) is 11.9. The van der Waals surface area contributed by atoms with E-state index in [2.05, 4.69) is 5.32 Å². The maximum absolute atomic E-state index is 13.6. The summed E-state index contributed by atoms with van der Waals surface area (Å²) in [5.74, 6) is -0.0365. The lowest BCUT2D eigenvalue weighted by atomic mass is 10.1. The van der Waals surface area contributed by atoms with Crippen molar-refractivity contribution in [3.8, 4) is 11.5 Å². The smallest absolute Gasteiger partial charge is 0.244 e. The molecule has 0 saturated carbocycles. The molecule has 0 saturated heterocycles. The van der Waals surface area contributed by atoms with Gasteiger partial charge in [-0.1, -0.05) is 43.2 Å². The molecule has 0 heterocycles. The van der Waals surface area contributed by atoms with E-state index in [1.165, 1.54) is 25.2 Å². The monoisotopic (exact) mass is 519 g/mol. The Labute approximate surface area is 214 Å². The summed E-state index contributed by atoms with van der Waals surface area (Å²) in [5.41, 5.74) is 2.15. The van der Waals surface area contributed by atoms with Crippen molar-refractivity contribution in [2.45, 2.75) is 46.2 Å². The first kappa shape index (κ1) is 29.0. The number of hydrogen-bond acceptors (Lipinski definition) is 6. The van der Waals surface area contributed by atoms with Crippen LogP contribution in [-0.4, -0.2) is 64.7 Å². The first-order chi connectivity index (χ1) is 17.0. The summed E-state index contributed by atoms with van der Waals surface area (Å²) in [6, 6.07) is 11.4. The van der Waals surface area contributed by atoms with Crippen LogP contribution in [0.4, 0.5) is 5.69 Å². The van der Waals surface area contributed by atoms with Gasteiger partial charge in [-0.15, -0.1) is 0 Å². The zero-order chi connectivity index (χ0) is 26.9. The number of benzene rings is 2. The van der Waals surface area contributed by atoms with Gasteiger partial charge >= 0.3 is 0 Å². The van der Waals surface area contributed by atoms with Crippen molar-refractivity contribution in [3.05, 3.63) is 53.6 Å². The van der Waals surface area contributed by atoms with Crippen molar-refractivity contribution < 1.29 is 27.5 Å². The van der Waals surface area contributed by atoms with Crippen molar-refractivity contribution in [2.75, 3.05) is 37.9 Å². The fourth-order valence-corrected chi connectivity index (χ4v) is 4.44. The van der Waals surface area contributed by atoms with Gasteiger partial charge in [0, 0.05) is 19.2 Å². The molecule has 36 heavy (non-hydrogen) atoms. The predicted molar refractivity (Wildman–Crippen MR) is 141 cm³/mol. The second-order valence-corrected chi connectivity index (χ2v) is 10.5. The Kier molecular flexibility index (Phi) is 10.6. The number of carbonyl (C=O) groups is 2. The van der Waals surface area contributed by atoms with Crippen LogP contribution in [0.3, 0.4) is 0 Å². The number of sulfonamides is 1. The number of anilines is 1. The van der Waals surface area contributed by atoms with Gasteiger partial charge < -0.3 is 19.7 Å². The largest absolute Gasteiger partial charge is 0.493 e. The lowest BCUT2D eigenvalue weighted by molar-refractivity contribution is -0.139. The number of aryl methyl sites for hydroxylation is 1. The lowest BCUT2D eigenvalue weighted by Gasteiger charge is -2.31. The Balaban J connectivity index is 2.39. The second-order valence-electron chi connectivity index (χ2n) is 8.64. The maximum atomic E-state index is 13.6. The minimum atomic E-state index is -3.84. The average Bonchev–Trinajstić information content (AvgIpc) is 2.85. The van der Waals surface area contributed by atoms with E-state index in [0.29, 0.717) is 18.0 Å². The SMILES string of the molecule is CCCCNC(=O)[C@@H](C)N(Cc1ccc(C)cc1)C(=O)CN(c1ccc(OC)c(OC)c1)S(C)(=O)=O. The summed E-state index contributed by atoms with van der Waals surface area (Å²) >= 11 is 0. The van der Waals surface area contributed by atoms with Gasteiger partial charge in [-0.25, -0.2) is 8.42 Å². The van der Waals surface area contributed by atoms with Crippen molar-refractivity contribution >= 4 is 27.5 Å². The highest BCUT2D eigenvalue weighted by atomic mass is 32.2. The molecule has 0 aliphatic heterocycles. The Morgan fingerprint density at radius 3 is 2.22 bits per heavy atom. The first-order valence-corrected chi connectivity index (χ1v) is 13.7. The van der Waals surface area contributed by atoms with Crippen LogP contribution in [0.1, 0.15) is 37.8 Å². The van der Waals surface area contributed by atoms with Gasteiger partial charge in [0.1, 0.15) is 12.6 Å². The van der Waals surface area contributed by atoms with Crippen molar-refractivity contribution in [3.63, 3.8) is 0 Å². The Morgan fingerprint density at radius 1 is 1.03 bits per heavy atom. The minimum Gasteiger partial charge on any atom is -0.493 e. The molecule has 0 unspecified atom stereocenters. The van der Waals surface area contributed by atoms with E-state index in [1.54, 1.807) is 19.1 Å². The zero-order valence-corrected chi connectivity index (χ0v) is 22.7. The molecule has 2 rings (SSSR count). The average molecular weight is 520 g/mol. The van der Waals surface area contributed by atoms with E-state index in [-0.39, 0.29) is 18.1 Å². The molecule has 2 aromatic rings. The van der Waals surface area contributed by atoms with E-state index in [9.17, 15) is 18.0 Å². The van der Waals surface area contributed by atoms with Crippen LogP contribution in [0.15, 0.2) is 42.5 Å². The zero-order valence-electron chi connectivity index (χ0n) is 21.9. The molecular weight excluding hydrogens is 482 g/mol. The number of ether oxygens (including phenoxy) is 2. The highest BCUT2D eigenvalue weighted by Gasteiger charge is 2.30. The molecule has 0 aliphatic rings. The van der Waals surface area contributed by atoms with Crippen LogP contribution >= 0.6 is 0 Å². The second kappa shape index (κ2) is 13.2. The summed E-state index contributed by atoms with van der Waals surface area (Å²) < 4.78 is 37.0.